The molecule has 8 heteroatoms. The number of hydrogen-bond donors (Lipinski definition) is 1. The number of amides is 1. The molecule has 0 bridgehead atoms. The van der Waals surface area contributed by atoms with Crippen molar-refractivity contribution >= 4 is 5.91 Å². The van der Waals surface area contributed by atoms with Gasteiger partial charge in [0.25, 0.3) is 5.91 Å². The van der Waals surface area contributed by atoms with Crippen molar-refractivity contribution in [3.63, 3.8) is 0 Å². The number of benzene rings is 1. The highest BCUT2D eigenvalue weighted by Crippen LogP contribution is 2.30. The Balaban J connectivity index is 2.49. The van der Waals surface area contributed by atoms with E-state index in [0.717, 1.165) is 16.8 Å². The predicted molar refractivity (Wildman–Crippen MR) is 91.3 cm³/mol. The molecule has 0 spiro atoms. The van der Waals surface area contributed by atoms with Crippen LogP contribution >= 0.6 is 0 Å². The van der Waals surface area contributed by atoms with Crippen molar-refractivity contribution in [3.8, 4) is 5.69 Å². The van der Waals surface area contributed by atoms with Crippen molar-refractivity contribution in [3.05, 3.63) is 57.5 Å². The largest absolute Gasteiger partial charge is 0.416 e. The molecule has 26 heavy (non-hydrogen) atoms. The van der Waals surface area contributed by atoms with Crippen LogP contribution in [0.1, 0.15) is 42.5 Å². The van der Waals surface area contributed by atoms with E-state index in [-0.39, 0.29) is 23.3 Å². The fraction of sp³-hybridized carbons (Fsp3) is 0.389. The number of aromatic nitrogens is 2. The molecule has 1 heterocycles. The lowest BCUT2D eigenvalue weighted by Gasteiger charge is -2.18. The number of carbonyl (C=O) groups is 1. The van der Waals surface area contributed by atoms with Gasteiger partial charge in [-0.05, 0) is 38.0 Å². The average molecular weight is 367 g/mol. The number of carbonyl (C=O) groups excluding carboxylic acids is 1. The van der Waals surface area contributed by atoms with E-state index in [1.807, 2.05) is 13.8 Å². The van der Waals surface area contributed by atoms with Crippen LogP contribution in [0, 0.1) is 12.8 Å². The maximum absolute atomic E-state index is 12.9. The molecule has 140 valence electrons. The summed E-state index contributed by atoms with van der Waals surface area (Å²) in [5, 5.41) is 6.68. The average Bonchev–Trinajstić information content (AvgIpc) is 2.54. The SMILES string of the molecule is Cc1cc(=O)c(C(=O)NC(C)C(C)C)nn1-c1cccc(C(F)(F)F)c1. The van der Waals surface area contributed by atoms with E-state index in [0.29, 0.717) is 5.69 Å². The van der Waals surface area contributed by atoms with Gasteiger partial charge in [0.1, 0.15) is 0 Å². The first-order valence-corrected chi connectivity index (χ1v) is 8.10. The first kappa shape index (κ1) is 19.7. The highest BCUT2D eigenvalue weighted by molar-refractivity contribution is 5.92. The van der Waals surface area contributed by atoms with Gasteiger partial charge >= 0.3 is 6.18 Å². The third-order valence-electron chi connectivity index (χ3n) is 4.10. The van der Waals surface area contributed by atoms with Crippen LogP contribution in [0.5, 0.6) is 0 Å². The molecule has 0 fully saturated rings. The lowest BCUT2D eigenvalue weighted by atomic mass is 10.1. The number of alkyl halides is 3. The third-order valence-corrected chi connectivity index (χ3v) is 4.10. The lowest BCUT2D eigenvalue weighted by molar-refractivity contribution is -0.137. The van der Waals surface area contributed by atoms with Gasteiger partial charge in [-0.15, -0.1) is 0 Å². The number of rotatable bonds is 4. The normalized spacial score (nSPS) is 12.9. The molecular formula is C18H20F3N3O2. The van der Waals surface area contributed by atoms with E-state index in [4.69, 9.17) is 0 Å². The summed E-state index contributed by atoms with van der Waals surface area (Å²) >= 11 is 0. The molecule has 0 aliphatic heterocycles. The molecule has 2 aromatic rings. The standard InChI is InChI=1S/C18H20F3N3O2/c1-10(2)12(4)22-17(26)16-15(25)8-11(3)24(23-16)14-7-5-6-13(9-14)18(19,20)21/h5-10,12H,1-4H3,(H,22,26). The summed E-state index contributed by atoms with van der Waals surface area (Å²) in [6.07, 6.45) is -4.50. The van der Waals surface area contributed by atoms with Gasteiger partial charge in [-0.2, -0.15) is 18.3 Å². The molecule has 2 rings (SSSR count). The van der Waals surface area contributed by atoms with Crippen LogP contribution in [0.15, 0.2) is 35.1 Å². The zero-order valence-corrected chi connectivity index (χ0v) is 14.9. The van der Waals surface area contributed by atoms with Crippen molar-refractivity contribution < 1.29 is 18.0 Å². The number of hydrogen-bond acceptors (Lipinski definition) is 3. The van der Waals surface area contributed by atoms with Crippen molar-refractivity contribution in [2.45, 2.75) is 39.9 Å². The summed E-state index contributed by atoms with van der Waals surface area (Å²) in [7, 11) is 0. The Morgan fingerprint density at radius 3 is 2.42 bits per heavy atom. The second-order valence-electron chi connectivity index (χ2n) is 6.46. The third kappa shape index (κ3) is 4.30. The zero-order chi connectivity index (χ0) is 19.6. The number of aryl methyl sites for hydroxylation is 1. The van der Waals surface area contributed by atoms with E-state index >= 15 is 0 Å². The van der Waals surface area contributed by atoms with Crippen molar-refractivity contribution in [1.29, 1.82) is 0 Å². The first-order chi connectivity index (χ1) is 12.0. The minimum Gasteiger partial charge on any atom is -0.348 e. The minimum atomic E-state index is -4.50. The Bertz CT molecular complexity index is 873. The van der Waals surface area contributed by atoms with Crippen LogP contribution in [-0.4, -0.2) is 21.7 Å². The molecule has 0 saturated carbocycles. The Labute approximate surface area is 148 Å². The van der Waals surface area contributed by atoms with E-state index in [1.165, 1.54) is 25.1 Å². The Morgan fingerprint density at radius 1 is 1.19 bits per heavy atom. The van der Waals surface area contributed by atoms with Crippen LogP contribution in [0.2, 0.25) is 0 Å². The summed E-state index contributed by atoms with van der Waals surface area (Å²) in [6, 6.07) is 5.53. The molecule has 1 N–H and O–H groups in total. The van der Waals surface area contributed by atoms with Gasteiger partial charge in [-0.25, -0.2) is 4.68 Å². The maximum atomic E-state index is 12.9. The molecule has 1 aromatic carbocycles. The fourth-order valence-electron chi connectivity index (χ4n) is 2.22. The van der Waals surface area contributed by atoms with Crippen molar-refractivity contribution in [1.82, 2.24) is 15.1 Å². The number of nitrogens with one attached hydrogen (secondary N) is 1. The van der Waals surface area contributed by atoms with Crippen LogP contribution in [0.4, 0.5) is 13.2 Å². The van der Waals surface area contributed by atoms with E-state index in [9.17, 15) is 22.8 Å². The highest BCUT2D eigenvalue weighted by Gasteiger charge is 2.30. The van der Waals surface area contributed by atoms with Crippen LogP contribution in [-0.2, 0) is 6.18 Å². The van der Waals surface area contributed by atoms with Crippen LogP contribution in [0.25, 0.3) is 5.69 Å². The topological polar surface area (TPSA) is 64.0 Å². The monoisotopic (exact) mass is 367 g/mol. The molecule has 0 aliphatic rings. The van der Waals surface area contributed by atoms with E-state index in [2.05, 4.69) is 10.4 Å². The van der Waals surface area contributed by atoms with Crippen molar-refractivity contribution in [2.24, 2.45) is 5.92 Å². The van der Waals surface area contributed by atoms with Crippen LogP contribution in [0.3, 0.4) is 0 Å². The van der Waals surface area contributed by atoms with E-state index < -0.39 is 23.1 Å². The summed E-state index contributed by atoms with van der Waals surface area (Å²) < 4.78 is 40.0. The zero-order valence-electron chi connectivity index (χ0n) is 14.9. The first-order valence-electron chi connectivity index (χ1n) is 8.10. The molecule has 1 unspecified atom stereocenters. The second kappa shape index (κ2) is 7.31. The smallest absolute Gasteiger partial charge is 0.348 e. The molecule has 1 atom stereocenters. The van der Waals surface area contributed by atoms with E-state index in [1.54, 1.807) is 6.92 Å². The summed E-state index contributed by atoms with van der Waals surface area (Å²) in [4.78, 5) is 24.5. The van der Waals surface area contributed by atoms with Gasteiger partial charge in [0, 0.05) is 17.8 Å². The van der Waals surface area contributed by atoms with Gasteiger partial charge in [-0.3, -0.25) is 9.59 Å². The molecule has 0 saturated heterocycles. The number of nitrogens with zero attached hydrogens (tertiary/aromatic N) is 2. The van der Waals surface area contributed by atoms with Gasteiger partial charge < -0.3 is 5.32 Å². The minimum absolute atomic E-state index is 0.114. The highest BCUT2D eigenvalue weighted by atomic mass is 19.4. The van der Waals surface area contributed by atoms with Gasteiger partial charge in [-0.1, -0.05) is 19.9 Å². The molecule has 5 nitrogen and oxygen atoms in total. The Hall–Kier alpha value is -2.64. The quantitative estimate of drug-likeness (QED) is 0.902. The van der Waals surface area contributed by atoms with Gasteiger partial charge in [0.2, 0.25) is 5.43 Å². The van der Waals surface area contributed by atoms with Crippen molar-refractivity contribution in [2.75, 3.05) is 0 Å². The maximum Gasteiger partial charge on any atom is 0.416 e. The Morgan fingerprint density at radius 2 is 1.85 bits per heavy atom. The molecule has 1 aromatic heterocycles. The van der Waals surface area contributed by atoms with Crippen LogP contribution < -0.4 is 10.7 Å². The molecule has 0 aliphatic carbocycles. The predicted octanol–water partition coefficient (Wildman–Crippen LogP) is 3.33. The fourth-order valence-corrected chi connectivity index (χ4v) is 2.22. The van der Waals surface area contributed by atoms with Gasteiger partial charge in [0.05, 0.1) is 11.3 Å². The Kier molecular flexibility index (Phi) is 5.53. The summed E-state index contributed by atoms with van der Waals surface area (Å²) in [5.74, 6) is -0.507. The molecule has 1 amide bonds. The summed E-state index contributed by atoms with van der Waals surface area (Å²) in [5.41, 5.74) is -1.35. The molecule has 0 radical (unpaired) electrons. The summed E-state index contributed by atoms with van der Waals surface area (Å²) in [6.45, 7) is 7.15. The second-order valence-corrected chi connectivity index (χ2v) is 6.46. The van der Waals surface area contributed by atoms with Gasteiger partial charge in [0.15, 0.2) is 5.69 Å². The lowest BCUT2D eigenvalue weighted by Crippen LogP contribution is -2.39. The molecular weight excluding hydrogens is 347 g/mol. The number of halogens is 3.